The highest BCUT2D eigenvalue weighted by atomic mass is 35.5. The van der Waals surface area contributed by atoms with Crippen LogP contribution in [0.5, 0.6) is 5.88 Å². The van der Waals surface area contributed by atoms with E-state index in [1.807, 2.05) is 13.8 Å². The summed E-state index contributed by atoms with van der Waals surface area (Å²) in [6.07, 6.45) is 6.62. The molecule has 0 saturated heterocycles. The summed E-state index contributed by atoms with van der Waals surface area (Å²) < 4.78 is 7.47. The van der Waals surface area contributed by atoms with Gasteiger partial charge in [-0.3, -0.25) is 4.68 Å². The second-order valence-corrected chi connectivity index (χ2v) is 8.87. The van der Waals surface area contributed by atoms with Crippen LogP contribution < -0.4 is 10.1 Å². The number of hydrogen-bond donors (Lipinski definition) is 2. The van der Waals surface area contributed by atoms with E-state index in [9.17, 15) is 10.4 Å². The Labute approximate surface area is 175 Å². The maximum Gasteiger partial charge on any atom is 0.237 e. The van der Waals surface area contributed by atoms with Gasteiger partial charge in [0, 0.05) is 0 Å². The van der Waals surface area contributed by atoms with E-state index in [0.29, 0.717) is 35.1 Å². The lowest BCUT2D eigenvalue weighted by molar-refractivity contribution is 0.00129. The highest BCUT2D eigenvalue weighted by molar-refractivity contribution is 6.31. The second kappa shape index (κ2) is 8.17. The van der Waals surface area contributed by atoms with Gasteiger partial charge >= 0.3 is 0 Å². The van der Waals surface area contributed by atoms with Gasteiger partial charge in [-0.2, -0.15) is 15.3 Å². The zero-order chi connectivity index (χ0) is 21.2. The minimum absolute atomic E-state index is 0.323. The number of nitrogens with zero attached hydrogens (tertiary/aromatic N) is 5. The third kappa shape index (κ3) is 5.17. The first kappa shape index (κ1) is 21.3. The number of anilines is 2. The van der Waals surface area contributed by atoms with Gasteiger partial charge < -0.3 is 15.2 Å². The van der Waals surface area contributed by atoms with E-state index in [1.54, 1.807) is 24.7 Å². The lowest BCUT2D eigenvalue weighted by atomic mass is 9.80. The van der Waals surface area contributed by atoms with E-state index >= 15 is 0 Å². The molecular formula is C20H27ClN6O2. The molecule has 0 atom stereocenters. The first-order chi connectivity index (χ1) is 13.6. The molecule has 2 N–H and O–H groups in total. The predicted octanol–water partition coefficient (Wildman–Crippen LogP) is 3.96. The van der Waals surface area contributed by atoms with Crippen molar-refractivity contribution in [3.05, 3.63) is 23.1 Å². The van der Waals surface area contributed by atoms with Crippen LogP contribution in [0.4, 0.5) is 11.6 Å². The van der Waals surface area contributed by atoms with Gasteiger partial charge in [-0.1, -0.05) is 11.6 Å². The summed E-state index contributed by atoms with van der Waals surface area (Å²) in [5.74, 6) is 1.03. The molecule has 0 aromatic carbocycles. The molecule has 0 amide bonds. The highest BCUT2D eigenvalue weighted by Crippen LogP contribution is 2.33. The number of rotatable bonds is 6. The summed E-state index contributed by atoms with van der Waals surface area (Å²) in [6.45, 7) is 7.81. The molecule has 9 heteroatoms. The average molecular weight is 419 g/mol. The van der Waals surface area contributed by atoms with E-state index in [1.165, 1.54) is 6.20 Å². The standard InChI is InChI=1S/C20H27ClN6O2/c1-13-16(10-27(26-13)19(2,3)12-22)24-18-23-9-15(21)17(25-18)29-11-14-5-7-20(4,28)8-6-14/h9-10,14,28H,5-8,11H2,1-4H3,(H,23,24,25). The van der Waals surface area contributed by atoms with Crippen molar-refractivity contribution in [2.45, 2.75) is 64.5 Å². The summed E-state index contributed by atoms with van der Waals surface area (Å²) in [7, 11) is 0. The number of halogens is 1. The number of aliphatic hydroxyl groups is 1. The molecule has 0 bridgehead atoms. The number of ether oxygens (including phenoxy) is 1. The van der Waals surface area contributed by atoms with Gasteiger partial charge in [0.15, 0.2) is 0 Å². The molecule has 8 nitrogen and oxygen atoms in total. The Balaban J connectivity index is 1.68. The van der Waals surface area contributed by atoms with Crippen LogP contribution in [0, 0.1) is 24.2 Å². The fourth-order valence-corrected chi connectivity index (χ4v) is 3.36. The maximum atomic E-state index is 10.1. The van der Waals surface area contributed by atoms with Crippen molar-refractivity contribution in [1.29, 1.82) is 5.26 Å². The van der Waals surface area contributed by atoms with E-state index in [0.717, 1.165) is 31.4 Å². The molecule has 1 aliphatic rings. The third-order valence-corrected chi connectivity index (χ3v) is 5.60. The van der Waals surface area contributed by atoms with E-state index in [2.05, 4.69) is 26.5 Å². The van der Waals surface area contributed by atoms with Crippen LogP contribution in [0.15, 0.2) is 12.4 Å². The van der Waals surface area contributed by atoms with Crippen LogP contribution in [0.1, 0.15) is 52.1 Å². The number of hydrogen-bond acceptors (Lipinski definition) is 7. The maximum absolute atomic E-state index is 10.1. The van der Waals surface area contributed by atoms with Crippen LogP contribution in [0.2, 0.25) is 5.02 Å². The Hall–Kier alpha value is -2.37. The van der Waals surface area contributed by atoms with Gasteiger partial charge in [0.25, 0.3) is 0 Å². The third-order valence-electron chi connectivity index (χ3n) is 5.34. The largest absolute Gasteiger partial charge is 0.476 e. The van der Waals surface area contributed by atoms with Crippen molar-refractivity contribution >= 4 is 23.2 Å². The zero-order valence-electron chi connectivity index (χ0n) is 17.2. The van der Waals surface area contributed by atoms with Crippen molar-refractivity contribution in [2.75, 3.05) is 11.9 Å². The summed E-state index contributed by atoms with van der Waals surface area (Å²) in [6, 6.07) is 2.22. The predicted molar refractivity (Wildman–Crippen MR) is 110 cm³/mol. The molecule has 0 spiro atoms. The Morgan fingerprint density at radius 2 is 2.14 bits per heavy atom. The van der Waals surface area contributed by atoms with Crippen LogP contribution in [0.25, 0.3) is 0 Å². The fraction of sp³-hybridized carbons (Fsp3) is 0.600. The lowest BCUT2D eigenvalue weighted by Crippen LogP contribution is -2.32. The molecule has 2 heterocycles. The molecule has 2 aromatic rings. The van der Waals surface area contributed by atoms with Crippen molar-refractivity contribution in [3.8, 4) is 11.9 Å². The molecule has 0 unspecified atom stereocenters. The summed E-state index contributed by atoms with van der Waals surface area (Å²) in [5.41, 5.74) is 0.104. The van der Waals surface area contributed by atoms with Gasteiger partial charge in [-0.15, -0.1) is 0 Å². The highest BCUT2D eigenvalue weighted by Gasteiger charge is 2.29. The van der Waals surface area contributed by atoms with Crippen LogP contribution in [0.3, 0.4) is 0 Å². The first-order valence-corrected chi connectivity index (χ1v) is 10.1. The fourth-order valence-electron chi connectivity index (χ4n) is 3.22. The number of nitrogens with one attached hydrogen (secondary N) is 1. The summed E-state index contributed by atoms with van der Waals surface area (Å²) in [4.78, 5) is 8.60. The topological polar surface area (TPSA) is 109 Å². The Morgan fingerprint density at radius 3 is 2.79 bits per heavy atom. The van der Waals surface area contributed by atoms with Crippen LogP contribution in [-0.2, 0) is 5.54 Å². The summed E-state index contributed by atoms with van der Waals surface area (Å²) >= 11 is 6.21. The summed E-state index contributed by atoms with van der Waals surface area (Å²) in [5, 5.41) is 27.2. The molecule has 156 valence electrons. The zero-order valence-corrected chi connectivity index (χ0v) is 18.0. The molecule has 1 saturated carbocycles. The lowest BCUT2D eigenvalue weighted by Gasteiger charge is -2.32. The molecule has 1 fully saturated rings. The minimum Gasteiger partial charge on any atom is -0.476 e. The molecular weight excluding hydrogens is 392 g/mol. The normalized spacial score (nSPS) is 22.2. The first-order valence-electron chi connectivity index (χ1n) is 9.72. The number of aromatic nitrogens is 4. The van der Waals surface area contributed by atoms with E-state index < -0.39 is 11.1 Å². The van der Waals surface area contributed by atoms with Crippen molar-refractivity contribution in [1.82, 2.24) is 19.7 Å². The smallest absolute Gasteiger partial charge is 0.237 e. The molecule has 0 aliphatic heterocycles. The monoisotopic (exact) mass is 418 g/mol. The SMILES string of the molecule is Cc1nn(C(C)(C)C#N)cc1Nc1ncc(Cl)c(OCC2CCC(C)(O)CC2)n1. The number of nitriles is 1. The Bertz CT molecular complexity index is 908. The van der Waals surface area contributed by atoms with Gasteiger partial charge in [0.05, 0.1) is 42.1 Å². The van der Waals surface area contributed by atoms with Gasteiger partial charge in [-0.05, 0) is 59.3 Å². The molecule has 29 heavy (non-hydrogen) atoms. The minimum atomic E-state index is -0.759. The Kier molecular flexibility index (Phi) is 6.01. The Morgan fingerprint density at radius 1 is 1.45 bits per heavy atom. The quantitative estimate of drug-likeness (QED) is 0.730. The van der Waals surface area contributed by atoms with Crippen molar-refractivity contribution in [2.24, 2.45) is 5.92 Å². The second-order valence-electron chi connectivity index (χ2n) is 8.47. The van der Waals surface area contributed by atoms with E-state index in [-0.39, 0.29) is 0 Å². The van der Waals surface area contributed by atoms with Gasteiger partial charge in [-0.25, -0.2) is 4.98 Å². The van der Waals surface area contributed by atoms with Gasteiger partial charge in [0.1, 0.15) is 10.6 Å². The average Bonchev–Trinajstić information content (AvgIpc) is 3.04. The molecule has 0 radical (unpaired) electrons. The van der Waals surface area contributed by atoms with E-state index in [4.69, 9.17) is 16.3 Å². The van der Waals surface area contributed by atoms with Crippen molar-refractivity contribution in [3.63, 3.8) is 0 Å². The number of aryl methyl sites for hydroxylation is 1. The molecule has 3 rings (SSSR count). The molecule has 1 aliphatic carbocycles. The van der Waals surface area contributed by atoms with Gasteiger partial charge in [0.2, 0.25) is 11.8 Å². The van der Waals surface area contributed by atoms with Crippen LogP contribution >= 0.6 is 11.6 Å². The van der Waals surface area contributed by atoms with Crippen LogP contribution in [-0.4, -0.2) is 37.1 Å². The molecule has 2 aromatic heterocycles. The van der Waals surface area contributed by atoms with Crippen molar-refractivity contribution < 1.29 is 9.84 Å².